The molecule has 320 valence electrons. The third kappa shape index (κ3) is 8.58. The molecular weight excluding hydrogens is 789 g/mol. The summed E-state index contributed by atoms with van der Waals surface area (Å²) in [7, 11) is 2.73. The van der Waals surface area contributed by atoms with E-state index in [0.717, 1.165) is 63.3 Å². The van der Waals surface area contributed by atoms with Gasteiger partial charge in [0.1, 0.15) is 23.7 Å². The summed E-state index contributed by atoms with van der Waals surface area (Å²) in [4.78, 5) is 82.2. The summed E-state index contributed by atoms with van der Waals surface area (Å²) in [5.41, 5.74) is 7.23. The van der Waals surface area contributed by atoms with Gasteiger partial charge in [-0.1, -0.05) is 74.5 Å². The monoisotopic (exact) mass is 838 g/mol. The van der Waals surface area contributed by atoms with E-state index < -0.39 is 24.3 Å². The smallest absolute Gasteiger partial charge is 0.407 e. The van der Waals surface area contributed by atoms with Crippen LogP contribution in [-0.2, 0) is 20.7 Å². The van der Waals surface area contributed by atoms with Gasteiger partial charge in [-0.25, -0.2) is 24.5 Å². The topological polar surface area (TPSA) is 203 Å². The van der Waals surface area contributed by atoms with E-state index in [9.17, 15) is 24.3 Å². The standard InChI is InChI=1S/C46H50N10O6/c1-27(2)40(53-45(59)62-4)44(58)56-21-9-13-38(56)42-48-25-35(51-42)30-16-14-29(15-17-30)34-24-47-33-23-31(18-19-32(33)50-34)36-26-49-41(52-36)37-12-8-20-55(37)43(57)39(54(3)46(60)61)22-28-10-6-5-7-11-28/h5-7,10-11,14-19,23-27,37-40H,8-9,12-13,20-22H2,1-4H3,(H,48,51)(H,49,52)(H,53,59)(H,60,61)/t37-,38-,39+,40-/m0/s1. The molecular formula is C46H50N10O6. The van der Waals surface area contributed by atoms with Gasteiger partial charge in [-0.2, -0.15) is 0 Å². The Kier molecular flexibility index (Phi) is 12.0. The molecule has 4 amide bonds. The number of methoxy groups -OCH3 is 1. The fraction of sp³-hybridized carbons (Fsp3) is 0.348. The Balaban J connectivity index is 0.941. The lowest BCUT2D eigenvalue weighted by atomic mass is 10.0. The zero-order valence-corrected chi connectivity index (χ0v) is 35.1. The average Bonchev–Trinajstić information content (AvgIpc) is 4.14. The summed E-state index contributed by atoms with van der Waals surface area (Å²) in [5, 5.41) is 12.5. The Morgan fingerprint density at radius 2 is 1.48 bits per heavy atom. The number of carboxylic acid groups (broad SMARTS) is 1. The normalized spacial score (nSPS) is 17.3. The molecule has 4 atom stereocenters. The van der Waals surface area contributed by atoms with Crippen LogP contribution in [0.5, 0.6) is 0 Å². The number of aromatic nitrogens is 6. The number of fused-ring (bicyclic) bond motifs is 1. The predicted molar refractivity (Wildman–Crippen MR) is 231 cm³/mol. The molecule has 8 rings (SSSR count). The number of ether oxygens (including phenoxy) is 1. The van der Waals surface area contributed by atoms with Gasteiger partial charge in [0.25, 0.3) is 0 Å². The summed E-state index contributed by atoms with van der Waals surface area (Å²) in [6.45, 7) is 4.88. The molecule has 0 aliphatic carbocycles. The lowest BCUT2D eigenvalue weighted by molar-refractivity contribution is -0.137. The number of hydrogen-bond acceptors (Lipinski definition) is 9. The van der Waals surface area contributed by atoms with Crippen molar-refractivity contribution in [3.63, 3.8) is 0 Å². The number of carbonyl (C=O) groups is 4. The third-order valence-electron chi connectivity index (χ3n) is 11.9. The van der Waals surface area contributed by atoms with E-state index >= 15 is 0 Å². The van der Waals surface area contributed by atoms with Crippen LogP contribution >= 0.6 is 0 Å². The number of alkyl carbamates (subject to hydrolysis) is 1. The van der Waals surface area contributed by atoms with E-state index in [4.69, 9.17) is 24.7 Å². The highest BCUT2D eigenvalue weighted by atomic mass is 16.5. The second kappa shape index (κ2) is 17.9. The molecule has 2 fully saturated rings. The highest BCUT2D eigenvalue weighted by Gasteiger charge is 2.39. The molecule has 0 saturated carbocycles. The van der Waals surface area contributed by atoms with Crippen LogP contribution in [0.1, 0.15) is 68.8 Å². The van der Waals surface area contributed by atoms with Gasteiger partial charge >= 0.3 is 12.2 Å². The molecule has 0 bridgehead atoms. The number of nitrogens with zero attached hydrogens (tertiary/aromatic N) is 7. The number of likely N-dealkylation sites (N-methyl/N-ethyl adjacent to an activating group) is 1. The van der Waals surface area contributed by atoms with Crippen LogP contribution in [0.3, 0.4) is 0 Å². The van der Waals surface area contributed by atoms with Crippen LogP contribution in [0, 0.1) is 5.92 Å². The third-order valence-corrected chi connectivity index (χ3v) is 11.9. The number of benzene rings is 3. The lowest BCUT2D eigenvalue weighted by Crippen LogP contribution is -2.51. The SMILES string of the molecule is COC(=O)N[C@H](C(=O)N1CCC[C@H]1c1nc(-c2ccc(-c3cnc4cc(-c5cnc([C@@H]6CCCN6C(=O)[C@@H](Cc6ccccc6)N(C)C(=O)O)[nH]5)ccc4n3)cc2)c[nH]1)C(C)C. The molecule has 16 heteroatoms. The zero-order valence-electron chi connectivity index (χ0n) is 35.1. The molecule has 3 aromatic heterocycles. The molecule has 2 aliphatic heterocycles. The van der Waals surface area contributed by atoms with Crippen LogP contribution in [0.2, 0.25) is 0 Å². The number of carbonyl (C=O) groups excluding carboxylic acids is 3. The first kappa shape index (κ1) is 41.6. The molecule has 62 heavy (non-hydrogen) atoms. The lowest BCUT2D eigenvalue weighted by Gasteiger charge is -2.32. The van der Waals surface area contributed by atoms with Gasteiger partial charge in [-0.15, -0.1) is 0 Å². The minimum absolute atomic E-state index is 0.119. The van der Waals surface area contributed by atoms with Gasteiger partial charge in [0, 0.05) is 49.4 Å². The number of likely N-dealkylation sites (tertiary alicyclic amines) is 2. The maximum absolute atomic E-state index is 14.0. The minimum Gasteiger partial charge on any atom is -0.465 e. The number of amides is 4. The zero-order chi connectivity index (χ0) is 43.5. The van der Waals surface area contributed by atoms with Crippen molar-refractivity contribution in [2.24, 2.45) is 5.92 Å². The van der Waals surface area contributed by atoms with E-state index in [0.29, 0.717) is 42.4 Å². The van der Waals surface area contributed by atoms with Crippen molar-refractivity contribution >= 4 is 35.0 Å². The van der Waals surface area contributed by atoms with Crippen molar-refractivity contribution in [3.05, 3.63) is 109 Å². The average molecular weight is 839 g/mol. The van der Waals surface area contributed by atoms with Crippen LogP contribution in [0.25, 0.3) is 44.8 Å². The second-order valence-corrected chi connectivity index (χ2v) is 16.2. The molecule has 5 heterocycles. The Morgan fingerprint density at radius 3 is 2.16 bits per heavy atom. The van der Waals surface area contributed by atoms with Crippen molar-refractivity contribution in [3.8, 4) is 33.8 Å². The first-order valence-electron chi connectivity index (χ1n) is 20.9. The largest absolute Gasteiger partial charge is 0.465 e. The molecule has 16 nitrogen and oxygen atoms in total. The quantitative estimate of drug-likeness (QED) is 0.0994. The molecule has 2 saturated heterocycles. The van der Waals surface area contributed by atoms with Crippen molar-refractivity contribution in [2.45, 2.75) is 70.1 Å². The van der Waals surface area contributed by atoms with Gasteiger partial charge in [0.15, 0.2) is 0 Å². The molecule has 2 aliphatic rings. The van der Waals surface area contributed by atoms with Crippen LogP contribution in [-0.4, -0.2) is 113 Å². The van der Waals surface area contributed by atoms with E-state index in [2.05, 4.69) is 15.3 Å². The fourth-order valence-corrected chi connectivity index (χ4v) is 8.50. The highest BCUT2D eigenvalue weighted by molar-refractivity contribution is 5.87. The van der Waals surface area contributed by atoms with E-state index in [1.54, 1.807) is 22.2 Å². The van der Waals surface area contributed by atoms with E-state index in [1.165, 1.54) is 14.2 Å². The van der Waals surface area contributed by atoms with Gasteiger partial charge in [-0.05, 0) is 49.3 Å². The maximum atomic E-state index is 14.0. The molecule has 0 unspecified atom stereocenters. The van der Waals surface area contributed by atoms with E-state index in [1.807, 2.05) is 92.8 Å². The van der Waals surface area contributed by atoms with Gasteiger partial charge in [-0.3, -0.25) is 19.5 Å². The summed E-state index contributed by atoms with van der Waals surface area (Å²) >= 11 is 0. The Labute approximate surface area is 358 Å². The predicted octanol–water partition coefficient (Wildman–Crippen LogP) is 7.01. The molecule has 3 aromatic carbocycles. The molecule has 0 radical (unpaired) electrons. The van der Waals surface area contributed by atoms with Crippen LogP contribution < -0.4 is 5.32 Å². The van der Waals surface area contributed by atoms with Gasteiger partial charge in [0.2, 0.25) is 11.8 Å². The first-order valence-corrected chi connectivity index (χ1v) is 20.9. The van der Waals surface area contributed by atoms with Crippen molar-refractivity contribution in [1.82, 2.24) is 49.9 Å². The summed E-state index contributed by atoms with van der Waals surface area (Å²) in [6, 6.07) is 21.1. The molecule has 0 spiro atoms. The van der Waals surface area contributed by atoms with Gasteiger partial charge < -0.3 is 34.9 Å². The highest BCUT2D eigenvalue weighted by Crippen LogP contribution is 2.35. The summed E-state index contributed by atoms with van der Waals surface area (Å²) in [6.07, 6.45) is 6.92. The number of nitrogens with one attached hydrogen (secondary N) is 3. The van der Waals surface area contributed by atoms with Crippen molar-refractivity contribution < 1.29 is 29.0 Å². The maximum Gasteiger partial charge on any atom is 0.407 e. The number of imidazole rings is 2. The fourth-order valence-electron chi connectivity index (χ4n) is 8.50. The van der Waals surface area contributed by atoms with Crippen LogP contribution in [0.4, 0.5) is 9.59 Å². The van der Waals surface area contributed by atoms with Crippen LogP contribution in [0.15, 0.2) is 91.4 Å². The molecule has 4 N–H and O–H groups in total. The Hall–Kier alpha value is -7.10. The molecule has 6 aromatic rings. The number of rotatable bonds is 12. The number of aromatic amines is 2. The number of hydrogen-bond donors (Lipinski definition) is 4. The first-order chi connectivity index (χ1) is 30.0. The Bertz CT molecular complexity index is 2570. The summed E-state index contributed by atoms with van der Waals surface area (Å²) in [5.74, 6) is 0.836. The van der Waals surface area contributed by atoms with Crippen molar-refractivity contribution in [1.29, 1.82) is 0 Å². The Morgan fingerprint density at radius 1 is 0.823 bits per heavy atom. The summed E-state index contributed by atoms with van der Waals surface area (Å²) < 4.78 is 4.76. The second-order valence-electron chi connectivity index (χ2n) is 16.2. The minimum atomic E-state index is -1.16. The van der Waals surface area contributed by atoms with Gasteiger partial charge in [0.05, 0.1) is 59.7 Å². The number of H-pyrrole nitrogens is 2. The van der Waals surface area contributed by atoms with Crippen molar-refractivity contribution in [2.75, 3.05) is 27.2 Å². The van der Waals surface area contributed by atoms with E-state index in [-0.39, 0.29) is 36.2 Å².